The third kappa shape index (κ3) is 2.25. The van der Waals surface area contributed by atoms with Crippen LogP contribution < -0.4 is 0 Å². The molecule has 3 N–H and O–H groups in total. The summed E-state index contributed by atoms with van der Waals surface area (Å²) in [4.78, 5) is 7.97. The minimum absolute atomic E-state index is 0.279. The minimum Gasteiger partial charge on any atom is -0.508 e. The summed E-state index contributed by atoms with van der Waals surface area (Å²) in [7, 11) is 0. The topological polar surface area (TPSA) is 77.6 Å². The zero-order valence-corrected chi connectivity index (χ0v) is 14.1. The smallest absolute Gasteiger partial charge is 0.159 e. The van der Waals surface area contributed by atoms with E-state index in [9.17, 15) is 5.11 Å². The Morgan fingerprint density at radius 2 is 1.81 bits per heavy atom. The SMILES string of the molecule is Cc1cc(O)ccc1-c1ccc2c(-c3nc4ccccc4[nH]3)n[nH]c2c1. The number of hydrogen-bond acceptors (Lipinski definition) is 3. The molecule has 0 aliphatic heterocycles. The standard InChI is InChI=1S/C21H16N4O/c1-12-10-14(26)7-9-15(12)13-6-8-16-19(11-13)24-25-20(16)21-22-17-4-2-3-5-18(17)23-21/h2-11,26H,1H3,(H,22,23)(H,24,25). The number of nitrogens with one attached hydrogen (secondary N) is 2. The van der Waals surface area contributed by atoms with Gasteiger partial charge in [0.25, 0.3) is 0 Å². The van der Waals surface area contributed by atoms with Gasteiger partial charge in [0, 0.05) is 5.39 Å². The number of imidazole rings is 1. The molecule has 0 spiro atoms. The highest BCUT2D eigenvalue weighted by Crippen LogP contribution is 2.32. The monoisotopic (exact) mass is 340 g/mol. The number of nitrogens with zero attached hydrogens (tertiary/aromatic N) is 2. The Kier molecular flexibility index (Phi) is 3.09. The molecule has 0 radical (unpaired) electrons. The molecule has 0 amide bonds. The van der Waals surface area contributed by atoms with Gasteiger partial charge in [-0.15, -0.1) is 0 Å². The highest BCUT2D eigenvalue weighted by molar-refractivity contribution is 5.95. The van der Waals surface area contributed by atoms with E-state index in [1.165, 1.54) is 0 Å². The Morgan fingerprint density at radius 1 is 0.923 bits per heavy atom. The van der Waals surface area contributed by atoms with Gasteiger partial charge >= 0.3 is 0 Å². The van der Waals surface area contributed by atoms with E-state index in [2.05, 4.69) is 38.4 Å². The second-order valence-corrected chi connectivity index (χ2v) is 6.43. The second kappa shape index (κ2) is 5.46. The molecule has 3 aromatic carbocycles. The van der Waals surface area contributed by atoms with Crippen LogP contribution in [0.5, 0.6) is 5.75 Å². The summed E-state index contributed by atoms with van der Waals surface area (Å²) >= 11 is 0. The largest absolute Gasteiger partial charge is 0.508 e. The van der Waals surface area contributed by atoms with Crippen molar-refractivity contribution in [3.05, 3.63) is 66.2 Å². The Hall–Kier alpha value is -3.60. The molecule has 26 heavy (non-hydrogen) atoms. The van der Waals surface area contributed by atoms with E-state index in [-0.39, 0.29) is 5.75 Å². The molecule has 0 saturated carbocycles. The first kappa shape index (κ1) is 14.7. The van der Waals surface area contributed by atoms with E-state index in [1.54, 1.807) is 12.1 Å². The normalized spacial score (nSPS) is 11.4. The lowest BCUT2D eigenvalue weighted by molar-refractivity contribution is 0.475. The first-order valence-electron chi connectivity index (χ1n) is 8.42. The van der Waals surface area contributed by atoms with Crippen LogP contribution in [0.2, 0.25) is 0 Å². The summed E-state index contributed by atoms with van der Waals surface area (Å²) in [5.41, 5.74) is 6.88. The summed E-state index contributed by atoms with van der Waals surface area (Å²) in [6, 6.07) is 19.6. The predicted octanol–water partition coefficient (Wildman–Crippen LogP) is 4.79. The quantitative estimate of drug-likeness (QED) is 0.432. The Morgan fingerprint density at radius 3 is 2.65 bits per heavy atom. The van der Waals surface area contributed by atoms with Crippen LogP contribution in [-0.2, 0) is 0 Å². The van der Waals surface area contributed by atoms with E-state index >= 15 is 0 Å². The van der Waals surface area contributed by atoms with Crippen molar-refractivity contribution >= 4 is 21.9 Å². The summed E-state index contributed by atoms with van der Waals surface area (Å²) in [6.07, 6.45) is 0. The van der Waals surface area contributed by atoms with E-state index < -0.39 is 0 Å². The zero-order valence-electron chi connectivity index (χ0n) is 14.1. The molecule has 0 aliphatic carbocycles. The number of para-hydroxylation sites is 2. The number of phenols is 1. The van der Waals surface area contributed by atoms with Gasteiger partial charge in [0.05, 0.1) is 16.6 Å². The first-order chi connectivity index (χ1) is 12.7. The number of aryl methyl sites for hydroxylation is 1. The summed E-state index contributed by atoms with van der Waals surface area (Å²) in [5.74, 6) is 1.03. The summed E-state index contributed by atoms with van der Waals surface area (Å²) < 4.78 is 0. The van der Waals surface area contributed by atoms with Gasteiger partial charge in [0.15, 0.2) is 5.82 Å². The highest BCUT2D eigenvalue weighted by atomic mass is 16.3. The Bertz CT molecular complexity index is 1230. The molecule has 2 aromatic heterocycles. The maximum Gasteiger partial charge on any atom is 0.159 e. The maximum absolute atomic E-state index is 9.62. The van der Waals surface area contributed by atoms with Gasteiger partial charge in [0.2, 0.25) is 0 Å². The zero-order chi connectivity index (χ0) is 17.7. The fraction of sp³-hybridized carbons (Fsp3) is 0.0476. The lowest BCUT2D eigenvalue weighted by atomic mass is 9.99. The van der Waals surface area contributed by atoms with E-state index in [4.69, 9.17) is 0 Å². The number of hydrogen-bond donors (Lipinski definition) is 3. The van der Waals surface area contributed by atoms with Crippen LogP contribution in [0.4, 0.5) is 0 Å². The average molecular weight is 340 g/mol. The molecule has 0 saturated heterocycles. The molecule has 5 nitrogen and oxygen atoms in total. The number of aromatic nitrogens is 4. The number of aromatic hydroxyl groups is 1. The average Bonchev–Trinajstić information content (AvgIpc) is 3.24. The Balaban J connectivity index is 1.63. The van der Waals surface area contributed by atoms with Gasteiger partial charge in [-0.2, -0.15) is 5.10 Å². The summed E-state index contributed by atoms with van der Waals surface area (Å²) in [6.45, 7) is 1.99. The molecule has 2 heterocycles. The number of H-pyrrole nitrogens is 2. The maximum atomic E-state index is 9.62. The molecular formula is C21H16N4O. The van der Waals surface area contributed by atoms with Crippen molar-refractivity contribution in [2.24, 2.45) is 0 Å². The van der Waals surface area contributed by atoms with E-state index in [0.717, 1.165) is 50.1 Å². The predicted molar refractivity (Wildman–Crippen MR) is 103 cm³/mol. The first-order valence-corrected chi connectivity index (χ1v) is 8.42. The van der Waals surface area contributed by atoms with Gasteiger partial charge in [0.1, 0.15) is 11.4 Å². The third-order valence-electron chi connectivity index (χ3n) is 4.70. The van der Waals surface area contributed by atoms with Crippen LogP contribution in [0.1, 0.15) is 5.56 Å². The van der Waals surface area contributed by atoms with Gasteiger partial charge < -0.3 is 10.1 Å². The molecule has 0 unspecified atom stereocenters. The lowest BCUT2D eigenvalue weighted by Crippen LogP contribution is -1.84. The molecule has 0 fully saturated rings. The van der Waals surface area contributed by atoms with E-state index in [0.29, 0.717) is 0 Å². The van der Waals surface area contributed by atoms with Crippen LogP contribution in [0.15, 0.2) is 60.7 Å². The molecule has 0 aliphatic rings. The molecule has 5 rings (SSSR count). The molecule has 126 valence electrons. The van der Waals surface area contributed by atoms with E-state index in [1.807, 2.05) is 37.3 Å². The molecule has 0 atom stereocenters. The third-order valence-corrected chi connectivity index (χ3v) is 4.70. The van der Waals surface area contributed by atoms with Gasteiger partial charge in [-0.3, -0.25) is 5.10 Å². The number of aromatic amines is 2. The van der Waals surface area contributed by atoms with Crippen LogP contribution in [0.3, 0.4) is 0 Å². The molecular weight excluding hydrogens is 324 g/mol. The second-order valence-electron chi connectivity index (χ2n) is 6.43. The number of rotatable bonds is 2. The number of benzene rings is 3. The van der Waals surface area contributed by atoms with Gasteiger partial charge in [-0.25, -0.2) is 4.98 Å². The van der Waals surface area contributed by atoms with Crippen LogP contribution in [0.25, 0.3) is 44.6 Å². The van der Waals surface area contributed by atoms with Crippen LogP contribution in [0, 0.1) is 6.92 Å². The highest BCUT2D eigenvalue weighted by Gasteiger charge is 2.13. The number of phenolic OH excluding ortho intramolecular Hbond substituents is 1. The fourth-order valence-electron chi connectivity index (χ4n) is 3.40. The number of fused-ring (bicyclic) bond motifs is 2. The van der Waals surface area contributed by atoms with Crippen molar-refractivity contribution in [3.63, 3.8) is 0 Å². The van der Waals surface area contributed by atoms with Gasteiger partial charge in [-0.05, 0) is 60.0 Å². The van der Waals surface area contributed by atoms with Gasteiger partial charge in [-0.1, -0.05) is 24.3 Å². The van der Waals surface area contributed by atoms with Crippen molar-refractivity contribution in [2.75, 3.05) is 0 Å². The minimum atomic E-state index is 0.279. The van der Waals surface area contributed by atoms with Crippen LogP contribution >= 0.6 is 0 Å². The fourth-order valence-corrected chi connectivity index (χ4v) is 3.40. The molecule has 5 heteroatoms. The van der Waals surface area contributed by atoms with Crippen molar-refractivity contribution in [3.8, 4) is 28.4 Å². The van der Waals surface area contributed by atoms with Crippen molar-refractivity contribution in [1.82, 2.24) is 20.2 Å². The molecule has 0 bridgehead atoms. The summed E-state index contributed by atoms with van der Waals surface area (Å²) in [5, 5.41) is 18.2. The van der Waals surface area contributed by atoms with Crippen LogP contribution in [-0.4, -0.2) is 25.3 Å². The molecule has 5 aromatic rings. The Labute approximate surface area is 149 Å². The lowest BCUT2D eigenvalue weighted by Gasteiger charge is -2.06. The van der Waals surface area contributed by atoms with Crippen molar-refractivity contribution < 1.29 is 5.11 Å². The van der Waals surface area contributed by atoms with Crippen molar-refractivity contribution in [1.29, 1.82) is 0 Å². The van der Waals surface area contributed by atoms with Crippen molar-refractivity contribution in [2.45, 2.75) is 6.92 Å².